The van der Waals surface area contributed by atoms with Gasteiger partial charge in [0.15, 0.2) is 11.9 Å². The Labute approximate surface area is 190 Å². The van der Waals surface area contributed by atoms with Crippen LogP contribution < -0.4 is 5.32 Å². The van der Waals surface area contributed by atoms with E-state index in [4.69, 9.17) is 4.74 Å². The number of carbonyl (C=O) groups excluding carboxylic acids is 2. The Morgan fingerprint density at radius 1 is 1.27 bits per heavy atom. The molecule has 0 saturated carbocycles. The van der Waals surface area contributed by atoms with Crippen LogP contribution in [-0.4, -0.2) is 62.5 Å². The first-order valence-corrected chi connectivity index (χ1v) is 10.9. The van der Waals surface area contributed by atoms with Crippen molar-refractivity contribution in [3.63, 3.8) is 0 Å². The lowest BCUT2D eigenvalue weighted by Gasteiger charge is -2.32. The second kappa shape index (κ2) is 9.95. The smallest absolute Gasteiger partial charge is 0.256 e. The zero-order chi connectivity index (χ0) is 23.4. The number of aryl methyl sites for hydroxylation is 3. The number of nitrogens with one attached hydrogen (secondary N) is 2. The normalized spacial score (nSPS) is 16.1. The molecule has 9 nitrogen and oxygen atoms in total. The van der Waals surface area contributed by atoms with Crippen molar-refractivity contribution in [2.24, 2.45) is 0 Å². The molecule has 1 aromatic carbocycles. The second-order valence-electron chi connectivity index (χ2n) is 8.09. The lowest BCUT2D eigenvalue weighted by atomic mass is 10.1. The van der Waals surface area contributed by atoms with E-state index in [2.05, 4.69) is 20.6 Å². The molecular formula is C23H27FN6O3. The fraction of sp³-hybridized carbons (Fsp3) is 0.391. The number of morpholine rings is 1. The van der Waals surface area contributed by atoms with Gasteiger partial charge < -0.3 is 15.0 Å². The highest BCUT2D eigenvalue weighted by atomic mass is 19.1. The third-order valence-corrected chi connectivity index (χ3v) is 5.57. The lowest BCUT2D eigenvalue weighted by Crippen LogP contribution is -2.50. The van der Waals surface area contributed by atoms with Crippen LogP contribution in [-0.2, 0) is 20.9 Å². The number of hydrogen-bond acceptors (Lipinski definition) is 5. The molecule has 4 rings (SSSR count). The van der Waals surface area contributed by atoms with Gasteiger partial charge in [0.05, 0.1) is 24.5 Å². The number of nitrogens with zero attached hydrogens (tertiary/aromatic N) is 4. The Bertz CT molecular complexity index is 1140. The maximum atomic E-state index is 14.0. The molecule has 33 heavy (non-hydrogen) atoms. The second-order valence-corrected chi connectivity index (χ2v) is 8.09. The number of halogens is 1. The fourth-order valence-electron chi connectivity index (χ4n) is 3.88. The molecule has 0 radical (unpaired) electrons. The molecule has 1 saturated heterocycles. The zero-order valence-corrected chi connectivity index (χ0v) is 18.7. The molecule has 2 amide bonds. The molecule has 174 valence electrons. The number of H-pyrrole nitrogens is 1. The van der Waals surface area contributed by atoms with Gasteiger partial charge in [-0.3, -0.25) is 19.4 Å². The Morgan fingerprint density at radius 3 is 2.85 bits per heavy atom. The summed E-state index contributed by atoms with van der Waals surface area (Å²) in [7, 11) is 0. The zero-order valence-electron chi connectivity index (χ0n) is 18.7. The first-order chi connectivity index (χ1) is 15.9. The maximum Gasteiger partial charge on any atom is 0.256 e. The minimum atomic E-state index is -0.799. The summed E-state index contributed by atoms with van der Waals surface area (Å²) in [4.78, 5) is 27.0. The molecule has 3 aromatic rings. The Balaban J connectivity index is 1.29. The van der Waals surface area contributed by atoms with Crippen molar-refractivity contribution >= 4 is 17.6 Å². The van der Waals surface area contributed by atoms with Crippen LogP contribution in [0.3, 0.4) is 0 Å². The van der Waals surface area contributed by atoms with Gasteiger partial charge in [-0.05, 0) is 38.5 Å². The summed E-state index contributed by atoms with van der Waals surface area (Å²) in [5.74, 6) is -0.544. The Hall–Kier alpha value is -3.53. The molecule has 1 aliphatic rings. The van der Waals surface area contributed by atoms with Crippen molar-refractivity contribution in [3.05, 3.63) is 53.6 Å². The number of aromatic nitrogens is 4. The monoisotopic (exact) mass is 454 g/mol. The third kappa shape index (κ3) is 5.46. The molecule has 1 atom stereocenters. The fourth-order valence-corrected chi connectivity index (χ4v) is 3.88. The highest BCUT2D eigenvalue weighted by Crippen LogP contribution is 2.22. The van der Waals surface area contributed by atoms with Crippen LogP contribution in [0.15, 0.2) is 36.4 Å². The SMILES string of the molecule is Cc1cc(C)n(CCCC(=O)N2CCOC(C(=O)Nc3cc(-c4ccccc4F)[nH]n3)C2)n1. The summed E-state index contributed by atoms with van der Waals surface area (Å²) in [6.07, 6.45) is 0.242. The Morgan fingerprint density at radius 2 is 2.09 bits per heavy atom. The number of benzene rings is 1. The number of anilines is 1. The highest BCUT2D eigenvalue weighted by Gasteiger charge is 2.29. The van der Waals surface area contributed by atoms with Gasteiger partial charge in [0.25, 0.3) is 5.91 Å². The summed E-state index contributed by atoms with van der Waals surface area (Å²) in [6, 6.07) is 9.86. The van der Waals surface area contributed by atoms with Crippen molar-refractivity contribution in [3.8, 4) is 11.3 Å². The molecule has 1 fully saturated rings. The van der Waals surface area contributed by atoms with E-state index in [1.165, 1.54) is 6.07 Å². The van der Waals surface area contributed by atoms with Gasteiger partial charge in [0, 0.05) is 36.8 Å². The van der Waals surface area contributed by atoms with Gasteiger partial charge in [0.2, 0.25) is 5.91 Å². The summed E-state index contributed by atoms with van der Waals surface area (Å²) in [5.41, 5.74) is 2.84. The van der Waals surface area contributed by atoms with Gasteiger partial charge in [-0.1, -0.05) is 12.1 Å². The molecule has 1 unspecified atom stereocenters. The highest BCUT2D eigenvalue weighted by molar-refractivity contribution is 5.94. The van der Waals surface area contributed by atoms with E-state index in [-0.39, 0.29) is 30.7 Å². The molecule has 2 N–H and O–H groups in total. The summed E-state index contributed by atoms with van der Waals surface area (Å²) >= 11 is 0. The average molecular weight is 455 g/mol. The minimum Gasteiger partial charge on any atom is -0.365 e. The van der Waals surface area contributed by atoms with Crippen LogP contribution in [0.5, 0.6) is 0 Å². The molecule has 0 bridgehead atoms. The van der Waals surface area contributed by atoms with E-state index < -0.39 is 12.0 Å². The van der Waals surface area contributed by atoms with Crippen LogP contribution in [0, 0.1) is 19.7 Å². The van der Waals surface area contributed by atoms with Crippen LogP contribution in [0.2, 0.25) is 0 Å². The van der Waals surface area contributed by atoms with Crippen LogP contribution in [0.25, 0.3) is 11.3 Å². The topological polar surface area (TPSA) is 105 Å². The van der Waals surface area contributed by atoms with E-state index in [1.807, 2.05) is 24.6 Å². The molecule has 3 heterocycles. The standard InChI is InChI=1S/C23H27FN6O3/c1-15-12-16(2)30(28-15)9-5-8-22(31)29-10-11-33-20(14-29)23(32)25-21-13-19(26-27-21)17-6-3-4-7-18(17)24/h3-4,6-7,12-13,20H,5,8-11,14H2,1-2H3,(H2,25,26,27,32). The van der Waals surface area contributed by atoms with Gasteiger partial charge in [-0.2, -0.15) is 10.2 Å². The van der Waals surface area contributed by atoms with E-state index >= 15 is 0 Å². The average Bonchev–Trinajstić information content (AvgIpc) is 3.39. The molecule has 10 heteroatoms. The molecular weight excluding hydrogens is 427 g/mol. The van der Waals surface area contributed by atoms with Crippen LogP contribution >= 0.6 is 0 Å². The lowest BCUT2D eigenvalue weighted by molar-refractivity contribution is -0.144. The van der Waals surface area contributed by atoms with Crippen LogP contribution in [0.1, 0.15) is 24.2 Å². The van der Waals surface area contributed by atoms with Gasteiger partial charge >= 0.3 is 0 Å². The molecule has 0 aliphatic carbocycles. The van der Waals surface area contributed by atoms with Crippen molar-refractivity contribution in [2.45, 2.75) is 39.3 Å². The summed E-state index contributed by atoms with van der Waals surface area (Å²) in [5, 5.41) is 13.8. The van der Waals surface area contributed by atoms with Crippen molar-refractivity contribution in [1.82, 2.24) is 24.9 Å². The number of ether oxygens (including phenoxy) is 1. The predicted octanol–water partition coefficient (Wildman–Crippen LogP) is 2.68. The summed E-state index contributed by atoms with van der Waals surface area (Å²) < 4.78 is 21.4. The first-order valence-electron chi connectivity index (χ1n) is 10.9. The van der Waals surface area contributed by atoms with Crippen molar-refractivity contribution in [1.29, 1.82) is 0 Å². The third-order valence-electron chi connectivity index (χ3n) is 5.57. The van der Waals surface area contributed by atoms with Gasteiger partial charge in [0.1, 0.15) is 5.82 Å². The van der Waals surface area contributed by atoms with E-state index in [1.54, 1.807) is 29.2 Å². The van der Waals surface area contributed by atoms with Gasteiger partial charge in [-0.15, -0.1) is 0 Å². The minimum absolute atomic E-state index is 0.0146. The van der Waals surface area contributed by atoms with Crippen molar-refractivity contribution in [2.75, 3.05) is 25.0 Å². The first kappa shape index (κ1) is 22.7. The number of carbonyl (C=O) groups is 2. The quantitative estimate of drug-likeness (QED) is 0.571. The molecule has 1 aliphatic heterocycles. The van der Waals surface area contributed by atoms with E-state index in [0.717, 1.165) is 11.4 Å². The number of hydrogen-bond donors (Lipinski definition) is 2. The molecule has 2 aromatic heterocycles. The summed E-state index contributed by atoms with van der Waals surface area (Å²) in [6.45, 7) is 5.51. The molecule has 0 spiro atoms. The Kier molecular flexibility index (Phi) is 6.83. The maximum absolute atomic E-state index is 14.0. The number of amides is 2. The predicted molar refractivity (Wildman–Crippen MR) is 120 cm³/mol. The van der Waals surface area contributed by atoms with Gasteiger partial charge in [-0.25, -0.2) is 4.39 Å². The van der Waals surface area contributed by atoms with E-state index in [0.29, 0.717) is 37.2 Å². The number of aromatic amines is 1. The van der Waals surface area contributed by atoms with Crippen LogP contribution in [0.4, 0.5) is 10.2 Å². The van der Waals surface area contributed by atoms with E-state index in [9.17, 15) is 14.0 Å². The largest absolute Gasteiger partial charge is 0.365 e. The van der Waals surface area contributed by atoms with Crippen molar-refractivity contribution < 1.29 is 18.7 Å². The number of rotatable bonds is 7.